The van der Waals surface area contributed by atoms with E-state index >= 15 is 0 Å². The highest BCUT2D eigenvalue weighted by molar-refractivity contribution is 7.22. The third-order valence-electron chi connectivity index (χ3n) is 6.46. The number of hydrogen-bond acceptors (Lipinski definition) is 5. The molecule has 33 heavy (non-hydrogen) atoms. The number of para-hydroxylation sites is 1. The summed E-state index contributed by atoms with van der Waals surface area (Å²) in [6, 6.07) is 10.2. The summed E-state index contributed by atoms with van der Waals surface area (Å²) in [5.41, 5.74) is 2.63. The first kappa shape index (κ1) is 21.9. The fourth-order valence-corrected chi connectivity index (χ4v) is 5.94. The summed E-state index contributed by atoms with van der Waals surface area (Å²) in [7, 11) is 0. The van der Waals surface area contributed by atoms with Crippen LogP contribution in [0.25, 0.3) is 10.2 Å². The Morgan fingerprint density at radius 3 is 2.79 bits per heavy atom. The quantitative estimate of drug-likeness (QED) is 0.391. The number of allylic oxidation sites excluding steroid dienone is 1. The van der Waals surface area contributed by atoms with E-state index in [1.807, 2.05) is 19.1 Å². The second-order valence-corrected chi connectivity index (χ2v) is 9.94. The van der Waals surface area contributed by atoms with E-state index < -0.39 is 0 Å². The smallest absolute Gasteiger partial charge is 0.321 e. The number of aryl methyl sites for hydroxylation is 1. The Kier molecular flexibility index (Phi) is 5.82. The molecule has 1 aromatic heterocycles. The largest absolute Gasteiger partial charge is 0.396 e. The fourth-order valence-electron chi connectivity index (χ4n) is 4.77. The summed E-state index contributed by atoms with van der Waals surface area (Å²) >= 11 is 7.52. The Morgan fingerprint density at radius 1 is 1.18 bits per heavy atom. The molecular weight excluding hydrogens is 460 g/mol. The number of urea groups is 1. The lowest BCUT2D eigenvalue weighted by Crippen LogP contribution is -2.45. The SMILES string of the molecule is Cc1cccc(Cl)c1NC(=O)c1ccc2nc(NC(=O)NC3C4C=CC(C4)C3CO)sc2c1. The summed E-state index contributed by atoms with van der Waals surface area (Å²) in [6.07, 6.45) is 5.22. The zero-order chi connectivity index (χ0) is 23.1. The van der Waals surface area contributed by atoms with Crippen LogP contribution in [0.3, 0.4) is 0 Å². The molecule has 1 saturated carbocycles. The predicted molar refractivity (Wildman–Crippen MR) is 131 cm³/mol. The zero-order valence-corrected chi connectivity index (χ0v) is 19.4. The molecule has 170 valence electrons. The van der Waals surface area contributed by atoms with Crippen LogP contribution in [0.15, 0.2) is 48.6 Å². The molecule has 5 rings (SSSR count). The van der Waals surface area contributed by atoms with Gasteiger partial charge in [-0.2, -0.15) is 0 Å². The normalized spacial score (nSPS) is 23.1. The average molecular weight is 483 g/mol. The number of halogens is 1. The fraction of sp³-hybridized carbons (Fsp3) is 0.292. The minimum absolute atomic E-state index is 0.0453. The summed E-state index contributed by atoms with van der Waals surface area (Å²) in [4.78, 5) is 29.8. The molecule has 0 spiro atoms. The maximum Gasteiger partial charge on any atom is 0.321 e. The van der Waals surface area contributed by atoms with Gasteiger partial charge in [0.1, 0.15) is 0 Å². The van der Waals surface area contributed by atoms with Crippen LogP contribution in [0.4, 0.5) is 15.6 Å². The molecule has 2 bridgehead atoms. The van der Waals surface area contributed by atoms with Gasteiger partial charge in [0, 0.05) is 24.1 Å². The van der Waals surface area contributed by atoms with Crippen molar-refractivity contribution in [2.75, 3.05) is 17.2 Å². The number of aromatic nitrogens is 1. The topological polar surface area (TPSA) is 103 Å². The number of nitrogens with zero attached hydrogens (tertiary/aromatic N) is 1. The Bertz CT molecular complexity index is 1250. The lowest BCUT2D eigenvalue weighted by atomic mass is 9.90. The lowest BCUT2D eigenvalue weighted by Gasteiger charge is -2.27. The Balaban J connectivity index is 1.28. The van der Waals surface area contributed by atoms with Gasteiger partial charge < -0.3 is 15.7 Å². The molecule has 4 unspecified atom stereocenters. The molecule has 7 nitrogen and oxygen atoms in total. The maximum atomic E-state index is 12.8. The minimum Gasteiger partial charge on any atom is -0.396 e. The number of amides is 3. The number of aliphatic hydroxyl groups is 1. The van der Waals surface area contributed by atoms with Gasteiger partial charge in [-0.25, -0.2) is 9.78 Å². The van der Waals surface area contributed by atoms with E-state index in [1.54, 1.807) is 24.3 Å². The first-order valence-corrected chi connectivity index (χ1v) is 12.0. The van der Waals surface area contributed by atoms with Crippen molar-refractivity contribution < 1.29 is 14.7 Å². The van der Waals surface area contributed by atoms with Crippen LogP contribution in [-0.2, 0) is 0 Å². The molecule has 2 aliphatic rings. The van der Waals surface area contributed by atoms with Crippen molar-refractivity contribution in [1.29, 1.82) is 0 Å². The maximum absolute atomic E-state index is 12.8. The molecule has 0 saturated heterocycles. The summed E-state index contributed by atoms with van der Waals surface area (Å²) < 4.78 is 0.782. The van der Waals surface area contributed by atoms with Crippen LogP contribution >= 0.6 is 22.9 Å². The van der Waals surface area contributed by atoms with Gasteiger partial charge in [-0.3, -0.25) is 10.1 Å². The lowest BCUT2D eigenvalue weighted by molar-refractivity contribution is 0.102. The van der Waals surface area contributed by atoms with E-state index in [0.717, 1.165) is 16.7 Å². The van der Waals surface area contributed by atoms with Crippen LogP contribution in [0, 0.1) is 24.7 Å². The standard InChI is InChI=1S/C24H23ClN4O3S/c1-12-3-2-4-17(25)20(12)27-22(31)15-7-8-18-19(10-15)33-24(26-18)29-23(32)28-21-14-6-5-13(9-14)16(21)11-30/h2-8,10,13-14,16,21,30H,9,11H2,1H3,(H,27,31)(H2,26,28,29,32). The molecule has 4 atom stereocenters. The zero-order valence-electron chi connectivity index (χ0n) is 17.8. The Hall–Kier alpha value is -2.94. The highest BCUT2D eigenvalue weighted by Gasteiger charge is 2.44. The van der Waals surface area contributed by atoms with Crippen molar-refractivity contribution >= 4 is 55.9 Å². The number of anilines is 2. The van der Waals surface area contributed by atoms with Gasteiger partial charge in [-0.1, -0.05) is 47.2 Å². The number of hydrogen-bond donors (Lipinski definition) is 4. The molecule has 9 heteroatoms. The van der Waals surface area contributed by atoms with Crippen molar-refractivity contribution in [3.8, 4) is 0 Å². The third-order valence-corrected chi connectivity index (χ3v) is 7.71. The number of carbonyl (C=O) groups is 2. The molecule has 0 aliphatic heterocycles. The number of nitrogens with one attached hydrogen (secondary N) is 3. The van der Waals surface area contributed by atoms with Gasteiger partial charge in [0.2, 0.25) is 0 Å². The van der Waals surface area contributed by atoms with Crippen LogP contribution < -0.4 is 16.0 Å². The molecule has 2 aromatic carbocycles. The van der Waals surface area contributed by atoms with Crippen LogP contribution in [0.5, 0.6) is 0 Å². The first-order valence-electron chi connectivity index (χ1n) is 10.8. The van der Waals surface area contributed by atoms with Gasteiger partial charge in [0.15, 0.2) is 5.13 Å². The molecule has 4 N–H and O–H groups in total. The van der Waals surface area contributed by atoms with Gasteiger partial charge in [0.05, 0.1) is 20.9 Å². The molecule has 3 aromatic rings. The molecule has 2 aliphatic carbocycles. The van der Waals surface area contributed by atoms with E-state index in [1.165, 1.54) is 11.3 Å². The summed E-state index contributed by atoms with van der Waals surface area (Å²) in [6.45, 7) is 1.93. The van der Waals surface area contributed by atoms with Crippen molar-refractivity contribution in [1.82, 2.24) is 10.3 Å². The highest BCUT2D eigenvalue weighted by atomic mass is 35.5. The van der Waals surface area contributed by atoms with Crippen molar-refractivity contribution in [3.05, 3.63) is 64.7 Å². The molecule has 1 heterocycles. The van der Waals surface area contributed by atoms with E-state index in [9.17, 15) is 14.7 Å². The Morgan fingerprint density at radius 2 is 2.00 bits per heavy atom. The van der Waals surface area contributed by atoms with Crippen LogP contribution in [-0.4, -0.2) is 34.7 Å². The van der Waals surface area contributed by atoms with Crippen molar-refractivity contribution in [2.24, 2.45) is 17.8 Å². The van der Waals surface area contributed by atoms with E-state index in [4.69, 9.17) is 11.6 Å². The molecule has 3 amide bonds. The molecule has 0 radical (unpaired) electrons. The van der Waals surface area contributed by atoms with Gasteiger partial charge >= 0.3 is 6.03 Å². The second kappa shape index (κ2) is 8.78. The molecular formula is C24H23ClN4O3S. The predicted octanol–water partition coefficient (Wildman–Crippen LogP) is 4.81. The van der Waals surface area contributed by atoms with Gasteiger partial charge in [-0.05, 0) is 55.0 Å². The minimum atomic E-state index is -0.342. The molecule has 1 fully saturated rings. The Labute approximate surface area is 199 Å². The monoisotopic (exact) mass is 482 g/mol. The number of thiazole rings is 1. The van der Waals surface area contributed by atoms with Crippen LogP contribution in [0.1, 0.15) is 22.3 Å². The van der Waals surface area contributed by atoms with Crippen molar-refractivity contribution in [3.63, 3.8) is 0 Å². The number of aliphatic hydroxyl groups excluding tert-OH is 1. The average Bonchev–Trinajstić information content (AvgIpc) is 3.49. The summed E-state index contributed by atoms with van der Waals surface area (Å²) in [5.74, 6) is 0.361. The van der Waals surface area contributed by atoms with E-state index in [-0.39, 0.29) is 36.4 Å². The van der Waals surface area contributed by atoms with Crippen LogP contribution in [0.2, 0.25) is 5.02 Å². The summed E-state index contributed by atoms with van der Waals surface area (Å²) in [5, 5.41) is 19.3. The number of benzene rings is 2. The van der Waals surface area contributed by atoms with Gasteiger partial charge in [-0.15, -0.1) is 0 Å². The first-order chi connectivity index (χ1) is 15.9. The van der Waals surface area contributed by atoms with E-state index in [0.29, 0.717) is 32.8 Å². The second-order valence-electron chi connectivity index (χ2n) is 8.51. The number of carbonyl (C=O) groups excluding carboxylic acids is 2. The van der Waals surface area contributed by atoms with Crippen molar-refractivity contribution in [2.45, 2.75) is 19.4 Å². The van der Waals surface area contributed by atoms with E-state index in [2.05, 4.69) is 33.1 Å². The van der Waals surface area contributed by atoms with Gasteiger partial charge in [0.25, 0.3) is 5.91 Å². The highest BCUT2D eigenvalue weighted by Crippen LogP contribution is 2.43. The number of fused-ring (bicyclic) bond motifs is 3. The number of rotatable bonds is 5. The third kappa shape index (κ3) is 4.21.